The number of fused-ring (bicyclic) bond motifs is 1. The number of hydrogen-bond acceptors (Lipinski definition) is 4. The van der Waals surface area contributed by atoms with Gasteiger partial charge in [0.1, 0.15) is 0 Å². The van der Waals surface area contributed by atoms with E-state index in [9.17, 15) is 13.2 Å². The number of amides is 1. The Morgan fingerprint density at radius 3 is 2.91 bits per heavy atom. The van der Waals surface area contributed by atoms with Gasteiger partial charge in [-0.1, -0.05) is 6.07 Å². The molecule has 1 aromatic heterocycles. The highest BCUT2D eigenvalue weighted by Gasteiger charge is 2.29. The van der Waals surface area contributed by atoms with Crippen LogP contribution in [0.1, 0.15) is 16.8 Å². The summed E-state index contributed by atoms with van der Waals surface area (Å²) in [5, 5.41) is 3.71. The minimum Gasteiger partial charge on any atom is -0.383 e. The normalized spacial score (nSPS) is 20.0. The van der Waals surface area contributed by atoms with Crippen LogP contribution in [-0.2, 0) is 21.1 Å². The summed E-state index contributed by atoms with van der Waals surface area (Å²) in [6, 6.07) is 7.18. The lowest BCUT2D eigenvalue weighted by molar-refractivity contribution is 0.0943. The molecular formula is C16H20N2O4S. The van der Waals surface area contributed by atoms with E-state index in [1.807, 2.05) is 29.0 Å². The fraction of sp³-hybridized carbons (Fsp3) is 0.438. The summed E-state index contributed by atoms with van der Waals surface area (Å²) in [6.45, 7) is 1.31. The van der Waals surface area contributed by atoms with Crippen molar-refractivity contribution in [3.8, 4) is 0 Å². The lowest BCUT2D eigenvalue weighted by atomic mass is 10.1. The first-order chi connectivity index (χ1) is 11.0. The van der Waals surface area contributed by atoms with Crippen molar-refractivity contribution in [2.75, 3.05) is 25.2 Å². The van der Waals surface area contributed by atoms with Gasteiger partial charge in [0.2, 0.25) is 0 Å². The lowest BCUT2D eigenvalue weighted by Crippen LogP contribution is -2.35. The Kier molecular flexibility index (Phi) is 4.41. The predicted octanol–water partition coefficient (Wildman–Crippen LogP) is 1.20. The zero-order valence-electron chi connectivity index (χ0n) is 13.0. The molecule has 3 rings (SSSR count). The number of methoxy groups -OCH3 is 1. The van der Waals surface area contributed by atoms with Gasteiger partial charge in [0, 0.05) is 42.4 Å². The molecule has 124 valence electrons. The summed E-state index contributed by atoms with van der Waals surface area (Å²) in [7, 11) is -1.35. The fourth-order valence-electron chi connectivity index (χ4n) is 2.98. The van der Waals surface area contributed by atoms with Gasteiger partial charge in [-0.05, 0) is 24.6 Å². The van der Waals surface area contributed by atoms with Crippen LogP contribution >= 0.6 is 0 Å². The molecule has 1 saturated heterocycles. The van der Waals surface area contributed by atoms with E-state index in [0.717, 1.165) is 10.9 Å². The predicted molar refractivity (Wildman–Crippen MR) is 88.3 cm³/mol. The van der Waals surface area contributed by atoms with Crippen LogP contribution in [-0.4, -0.2) is 50.2 Å². The van der Waals surface area contributed by atoms with Crippen LogP contribution in [0.2, 0.25) is 0 Å². The van der Waals surface area contributed by atoms with Crippen molar-refractivity contribution < 1.29 is 17.9 Å². The molecule has 0 aliphatic carbocycles. The largest absolute Gasteiger partial charge is 0.383 e. The fourth-order valence-corrected chi connectivity index (χ4v) is 4.65. The number of aromatic nitrogens is 1. The third-order valence-corrected chi connectivity index (χ3v) is 5.93. The van der Waals surface area contributed by atoms with Crippen molar-refractivity contribution in [1.29, 1.82) is 0 Å². The second kappa shape index (κ2) is 6.33. The Morgan fingerprint density at radius 1 is 1.39 bits per heavy atom. The molecule has 1 aromatic carbocycles. The summed E-state index contributed by atoms with van der Waals surface area (Å²) in [6.07, 6.45) is 2.42. The van der Waals surface area contributed by atoms with Gasteiger partial charge in [-0.15, -0.1) is 0 Å². The molecular weight excluding hydrogens is 316 g/mol. The topological polar surface area (TPSA) is 77.4 Å². The average Bonchev–Trinajstić information content (AvgIpc) is 3.07. The second-order valence-corrected chi connectivity index (χ2v) is 8.04. The van der Waals surface area contributed by atoms with E-state index in [1.165, 1.54) is 0 Å². The van der Waals surface area contributed by atoms with Crippen LogP contribution in [0.15, 0.2) is 30.5 Å². The van der Waals surface area contributed by atoms with E-state index in [0.29, 0.717) is 25.1 Å². The maximum atomic E-state index is 12.5. The zero-order valence-corrected chi connectivity index (χ0v) is 13.8. The number of sulfone groups is 1. The van der Waals surface area contributed by atoms with Crippen LogP contribution in [0, 0.1) is 0 Å². The molecule has 1 atom stereocenters. The summed E-state index contributed by atoms with van der Waals surface area (Å²) in [4.78, 5) is 12.5. The number of carbonyl (C=O) groups excluding carboxylic acids is 1. The van der Waals surface area contributed by atoms with Crippen molar-refractivity contribution in [3.05, 3.63) is 36.0 Å². The highest BCUT2D eigenvalue weighted by molar-refractivity contribution is 7.91. The molecule has 0 bridgehead atoms. The van der Waals surface area contributed by atoms with Crippen LogP contribution in [0.4, 0.5) is 0 Å². The molecule has 2 heterocycles. The second-order valence-electron chi connectivity index (χ2n) is 5.81. The molecule has 1 aliphatic rings. The average molecular weight is 336 g/mol. The molecule has 0 unspecified atom stereocenters. The quantitative estimate of drug-likeness (QED) is 0.890. The molecule has 0 spiro atoms. The van der Waals surface area contributed by atoms with Crippen LogP contribution < -0.4 is 5.32 Å². The molecule has 0 saturated carbocycles. The van der Waals surface area contributed by atoms with E-state index < -0.39 is 9.84 Å². The number of nitrogens with one attached hydrogen (secondary N) is 1. The minimum atomic E-state index is -3.00. The molecule has 0 radical (unpaired) electrons. The Hall–Kier alpha value is -1.86. The van der Waals surface area contributed by atoms with E-state index in [2.05, 4.69) is 5.32 Å². The summed E-state index contributed by atoms with van der Waals surface area (Å²) in [5.74, 6) is -0.0405. The molecule has 6 nitrogen and oxygen atoms in total. The summed E-state index contributed by atoms with van der Waals surface area (Å²) < 4.78 is 30.1. The van der Waals surface area contributed by atoms with Gasteiger partial charge in [0.15, 0.2) is 9.84 Å². The van der Waals surface area contributed by atoms with Crippen molar-refractivity contribution >= 4 is 26.6 Å². The van der Waals surface area contributed by atoms with Gasteiger partial charge in [0.25, 0.3) is 5.91 Å². The number of rotatable bonds is 5. The monoisotopic (exact) mass is 336 g/mol. The minimum absolute atomic E-state index is 0.0313. The number of benzene rings is 1. The van der Waals surface area contributed by atoms with Gasteiger partial charge in [-0.3, -0.25) is 4.79 Å². The first-order valence-electron chi connectivity index (χ1n) is 7.58. The Morgan fingerprint density at radius 2 is 2.22 bits per heavy atom. The van der Waals surface area contributed by atoms with Crippen LogP contribution in [0.3, 0.4) is 0 Å². The van der Waals surface area contributed by atoms with Gasteiger partial charge in [-0.2, -0.15) is 0 Å². The van der Waals surface area contributed by atoms with Crippen molar-refractivity contribution in [2.24, 2.45) is 0 Å². The standard InChI is InChI=1S/C16H20N2O4S/c1-22-9-8-18-7-5-13-14(3-2-4-15(13)18)16(19)17-12-6-10-23(20,21)11-12/h2-5,7,12H,6,8-11H2,1H3,(H,17,19)/t12-/m0/s1. The van der Waals surface area contributed by atoms with Crippen molar-refractivity contribution in [1.82, 2.24) is 9.88 Å². The molecule has 23 heavy (non-hydrogen) atoms. The third kappa shape index (κ3) is 3.40. The smallest absolute Gasteiger partial charge is 0.252 e. The molecule has 1 aliphatic heterocycles. The zero-order chi connectivity index (χ0) is 16.4. The lowest BCUT2D eigenvalue weighted by Gasteiger charge is -2.12. The number of ether oxygens (including phenoxy) is 1. The molecule has 1 N–H and O–H groups in total. The number of hydrogen-bond donors (Lipinski definition) is 1. The van der Waals surface area contributed by atoms with E-state index in [1.54, 1.807) is 13.2 Å². The maximum Gasteiger partial charge on any atom is 0.252 e. The summed E-state index contributed by atoms with van der Waals surface area (Å²) in [5.41, 5.74) is 1.54. The highest BCUT2D eigenvalue weighted by Crippen LogP contribution is 2.21. The number of carbonyl (C=O) groups is 1. The van der Waals surface area contributed by atoms with Crippen molar-refractivity contribution in [2.45, 2.75) is 19.0 Å². The molecule has 1 fully saturated rings. The van der Waals surface area contributed by atoms with Crippen LogP contribution in [0.25, 0.3) is 10.9 Å². The van der Waals surface area contributed by atoms with Gasteiger partial charge in [-0.25, -0.2) is 8.42 Å². The third-order valence-electron chi connectivity index (χ3n) is 4.16. The maximum absolute atomic E-state index is 12.5. The SMILES string of the molecule is COCCn1ccc2c(C(=O)N[C@H]3CCS(=O)(=O)C3)cccc21. The van der Waals surface area contributed by atoms with Gasteiger partial charge in [0.05, 0.1) is 18.1 Å². The molecule has 7 heteroatoms. The van der Waals surface area contributed by atoms with E-state index in [4.69, 9.17) is 4.74 Å². The first-order valence-corrected chi connectivity index (χ1v) is 9.40. The van der Waals surface area contributed by atoms with Gasteiger partial charge >= 0.3 is 0 Å². The highest BCUT2D eigenvalue weighted by atomic mass is 32.2. The Balaban J connectivity index is 1.82. The summed E-state index contributed by atoms with van der Waals surface area (Å²) >= 11 is 0. The first kappa shape index (κ1) is 16.0. The number of nitrogens with zero attached hydrogens (tertiary/aromatic N) is 1. The van der Waals surface area contributed by atoms with Gasteiger partial charge < -0.3 is 14.6 Å². The van der Waals surface area contributed by atoms with E-state index >= 15 is 0 Å². The van der Waals surface area contributed by atoms with E-state index in [-0.39, 0.29) is 23.5 Å². The Labute approximate surface area is 135 Å². The van der Waals surface area contributed by atoms with Crippen molar-refractivity contribution in [3.63, 3.8) is 0 Å². The Bertz CT molecular complexity index is 826. The van der Waals surface area contributed by atoms with Crippen LogP contribution in [0.5, 0.6) is 0 Å². The molecule has 1 amide bonds. The molecule has 2 aromatic rings.